The number of esters is 1. The van der Waals surface area contributed by atoms with Crippen molar-refractivity contribution >= 4 is 40.1 Å². The fourth-order valence-corrected chi connectivity index (χ4v) is 5.08. The molecule has 1 amide bonds. The molecular formula is C22H32N4O4S2. The van der Waals surface area contributed by atoms with Gasteiger partial charge < -0.3 is 19.4 Å². The molecule has 10 heteroatoms. The van der Waals surface area contributed by atoms with Gasteiger partial charge in [0.25, 0.3) is 0 Å². The number of thiazole rings is 1. The van der Waals surface area contributed by atoms with E-state index in [1.165, 1.54) is 11.3 Å². The van der Waals surface area contributed by atoms with E-state index in [4.69, 9.17) is 9.15 Å². The molecule has 1 aliphatic rings. The van der Waals surface area contributed by atoms with Crippen LogP contribution in [0.2, 0.25) is 0 Å². The smallest absolute Gasteiger partial charge is 0.307 e. The summed E-state index contributed by atoms with van der Waals surface area (Å²) < 4.78 is 11.8. The summed E-state index contributed by atoms with van der Waals surface area (Å²) in [7, 11) is 0. The summed E-state index contributed by atoms with van der Waals surface area (Å²) in [4.78, 5) is 35.1. The lowest BCUT2D eigenvalue weighted by Crippen LogP contribution is -2.39. The molecule has 0 aliphatic carbocycles. The fraction of sp³-hybridized carbons (Fsp3) is 0.636. The number of anilines is 1. The Morgan fingerprint density at radius 1 is 1.28 bits per heavy atom. The van der Waals surface area contributed by atoms with Crippen molar-refractivity contribution in [3.8, 4) is 0 Å². The van der Waals surface area contributed by atoms with E-state index in [1.807, 2.05) is 6.92 Å². The van der Waals surface area contributed by atoms with Crippen LogP contribution < -0.4 is 5.32 Å². The first-order chi connectivity index (χ1) is 15.2. The van der Waals surface area contributed by atoms with Crippen LogP contribution in [0.4, 0.5) is 5.13 Å². The summed E-state index contributed by atoms with van der Waals surface area (Å²) in [5.74, 6) is 2.00. The van der Waals surface area contributed by atoms with Gasteiger partial charge in [0.15, 0.2) is 5.13 Å². The number of amides is 1. The van der Waals surface area contributed by atoms with Gasteiger partial charge in [-0.15, -0.1) is 11.8 Å². The van der Waals surface area contributed by atoms with Gasteiger partial charge in [-0.1, -0.05) is 32.1 Å². The minimum absolute atomic E-state index is 0.0171. The summed E-state index contributed by atoms with van der Waals surface area (Å²) >= 11 is 3.06. The maximum absolute atomic E-state index is 12.6. The van der Waals surface area contributed by atoms with E-state index in [2.05, 4.69) is 41.0 Å². The van der Waals surface area contributed by atoms with Crippen molar-refractivity contribution < 1.29 is 18.7 Å². The number of piperidine rings is 1. The molecule has 32 heavy (non-hydrogen) atoms. The highest BCUT2D eigenvalue weighted by Crippen LogP contribution is 2.32. The van der Waals surface area contributed by atoms with Crippen molar-refractivity contribution in [1.29, 1.82) is 0 Å². The number of hydrogen-bond acceptors (Lipinski definition) is 9. The molecule has 1 saturated heterocycles. The van der Waals surface area contributed by atoms with Crippen LogP contribution in [0.15, 0.2) is 21.0 Å². The molecule has 2 aromatic rings. The van der Waals surface area contributed by atoms with Crippen LogP contribution in [0.1, 0.15) is 58.6 Å². The highest BCUT2D eigenvalue weighted by Gasteiger charge is 2.26. The molecule has 0 atom stereocenters. The van der Waals surface area contributed by atoms with Crippen molar-refractivity contribution in [2.45, 2.75) is 62.3 Å². The van der Waals surface area contributed by atoms with E-state index in [0.717, 1.165) is 35.9 Å². The zero-order valence-electron chi connectivity index (χ0n) is 19.2. The van der Waals surface area contributed by atoms with Gasteiger partial charge in [-0.05, 0) is 32.9 Å². The van der Waals surface area contributed by atoms with Gasteiger partial charge in [-0.25, -0.2) is 9.97 Å². The van der Waals surface area contributed by atoms with Crippen LogP contribution in [0, 0.1) is 5.92 Å². The number of likely N-dealkylation sites (tertiary alicyclic amines) is 1. The number of nitrogens with zero attached hydrogens (tertiary/aromatic N) is 3. The van der Waals surface area contributed by atoms with Gasteiger partial charge in [0, 0.05) is 17.9 Å². The second-order valence-corrected chi connectivity index (χ2v) is 11.1. The summed E-state index contributed by atoms with van der Waals surface area (Å²) in [6, 6.07) is 0. The molecule has 1 N–H and O–H groups in total. The van der Waals surface area contributed by atoms with E-state index >= 15 is 0 Å². The average molecular weight is 481 g/mol. The quantitative estimate of drug-likeness (QED) is 0.418. The summed E-state index contributed by atoms with van der Waals surface area (Å²) in [5.41, 5.74) is -0.0606. The lowest BCUT2D eigenvalue weighted by Gasteiger charge is -2.30. The molecule has 0 unspecified atom stereocenters. The predicted molar refractivity (Wildman–Crippen MR) is 126 cm³/mol. The number of aromatic nitrogens is 2. The van der Waals surface area contributed by atoms with Gasteiger partial charge >= 0.3 is 5.97 Å². The standard InChI is InChI=1S/C22H32N4O4S2/c1-5-29-18(27)8-11-26-9-6-15(7-10-26)20(28)25-21-24-13-19(32-21)31-14-17-23-12-16(30-17)22(2,3)4/h12-13,15H,5-11,14H2,1-4H3,(H,24,25,28). The third-order valence-corrected chi connectivity index (χ3v) is 7.33. The fourth-order valence-electron chi connectivity index (χ4n) is 3.35. The van der Waals surface area contributed by atoms with Crippen molar-refractivity contribution in [3.63, 3.8) is 0 Å². The topological polar surface area (TPSA) is 97.6 Å². The SMILES string of the molecule is CCOC(=O)CCN1CCC(C(=O)Nc2ncc(SCc3ncc(C(C)(C)C)o3)s2)CC1. The number of ether oxygens (including phenoxy) is 1. The van der Waals surface area contributed by atoms with Gasteiger partial charge in [0.2, 0.25) is 11.8 Å². The highest BCUT2D eigenvalue weighted by atomic mass is 32.2. The molecule has 176 valence electrons. The molecule has 0 aromatic carbocycles. The number of rotatable bonds is 9. The van der Waals surface area contributed by atoms with Crippen LogP contribution in [0.3, 0.4) is 0 Å². The number of hydrogen-bond donors (Lipinski definition) is 1. The molecule has 0 radical (unpaired) electrons. The molecule has 3 heterocycles. The molecule has 1 fully saturated rings. The third kappa shape index (κ3) is 7.31. The second kappa shape index (κ2) is 11.3. The average Bonchev–Trinajstić information content (AvgIpc) is 3.40. The number of thioether (sulfide) groups is 1. The van der Waals surface area contributed by atoms with E-state index in [9.17, 15) is 9.59 Å². The Bertz CT molecular complexity index is 898. The van der Waals surface area contributed by atoms with Crippen LogP contribution in [0.5, 0.6) is 0 Å². The summed E-state index contributed by atoms with van der Waals surface area (Å²) in [6.07, 6.45) is 5.52. The molecule has 8 nitrogen and oxygen atoms in total. The molecule has 3 rings (SSSR count). The molecule has 2 aromatic heterocycles. The first-order valence-corrected chi connectivity index (χ1v) is 12.8. The number of carbonyl (C=O) groups is 2. The highest BCUT2D eigenvalue weighted by molar-refractivity contribution is 8.00. The third-order valence-electron chi connectivity index (χ3n) is 5.24. The second-order valence-electron chi connectivity index (χ2n) is 8.80. The normalized spacial score (nSPS) is 15.6. The first-order valence-electron chi connectivity index (χ1n) is 11.0. The summed E-state index contributed by atoms with van der Waals surface area (Å²) in [6.45, 7) is 10.8. The van der Waals surface area contributed by atoms with E-state index in [0.29, 0.717) is 36.3 Å². The Balaban J connectivity index is 1.40. The zero-order valence-corrected chi connectivity index (χ0v) is 20.8. The summed E-state index contributed by atoms with van der Waals surface area (Å²) in [5, 5.41) is 3.58. The number of carbonyl (C=O) groups excluding carboxylic acids is 2. The van der Waals surface area contributed by atoms with Crippen molar-refractivity contribution in [2.75, 3.05) is 31.6 Å². The number of nitrogens with one attached hydrogen (secondary N) is 1. The predicted octanol–water partition coefficient (Wildman–Crippen LogP) is 4.32. The van der Waals surface area contributed by atoms with Crippen LogP contribution in [0.25, 0.3) is 0 Å². The largest absolute Gasteiger partial charge is 0.466 e. The molecule has 0 bridgehead atoms. The van der Waals surface area contributed by atoms with Gasteiger partial charge in [-0.3, -0.25) is 9.59 Å². The Kier molecular flexibility index (Phi) is 8.72. The monoisotopic (exact) mass is 480 g/mol. The molecule has 1 aliphatic heterocycles. The Hall–Kier alpha value is -1.91. The first kappa shape index (κ1) is 24.7. The van der Waals surface area contributed by atoms with E-state index in [1.54, 1.807) is 24.2 Å². The van der Waals surface area contributed by atoms with E-state index in [-0.39, 0.29) is 23.2 Å². The minimum Gasteiger partial charge on any atom is -0.466 e. The van der Waals surface area contributed by atoms with Gasteiger partial charge in [-0.2, -0.15) is 0 Å². The minimum atomic E-state index is -0.165. The van der Waals surface area contributed by atoms with Crippen LogP contribution in [-0.4, -0.2) is 53.0 Å². The van der Waals surface area contributed by atoms with E-state index < -0.39 is 0 Å². The molecule has 0 spiro atoms. The molecular weight excluding hydrogens is 448 g/mol. The van der Waals surface area contributed by atoms with Crippen molar-refractivity contribution in [1.82, 2.24) is 14.9 Å². The lowest BCUT2D eigenvalue weighted by molar-refractivity contribution is -0.143. The van der Waals surface area contributed by atoms with Crippen molar-refractivity contribution in [2.24, 2.45) is 5.92 Å². The van der Waals surface area contributed by atoms with Gasteiger partial charge in [0.1, 0.15) is 5.76 Å². The Morgan fingerprint density at radius 2 is 2.03 bits per heavy atom. The Labute approximate surface area is 197 Å². The lowest BCUT2D eigenvalue weighted by atomic mass is 9.94. The zero-order chi connectivity index (χ0) is 23.1. The van der Waals surface area contributed by atoms with Crippen molar-refractivity contribution in [3.05, 3.63) is 24.0 Å². The van der Waals surface area contributed by atoms with Gasteiger partial charge in [0.05, 0.1) is 35.4 Å². The maximum atomic E-state index is 12.6. The number of oxazole rings is 1. The van der Waals surface area contributed by atoms with Crippen LogP contribution >= 0.6 is 23.1 Å². The Morgan fingerprint density at radius 3 is 2.69 bits per heavy atom. The van der Waals surface area contributed by atoms with Crippen LogP contribution in [-0.2, 0) is 25.5 Å². The maximum Gasteiger partial charge on any atom is 0.307 e. The molecule has 0 saturated carbocycles.